The minimum atomic E-state index is 0. The normalized spacial score (nSPS) is 17.3. The van der Waals surface area contributed by atoms with E-state index in [0.717, 1.165) is 35.7 Å². The lowest BCUT2D eigenvalue weighted by Gasteiger charge is -2.22. The topological polar surface area (TPSA) is 21.3 Å². The molecule has 0 amide bonds. The summed E-state index contributed by atoms with van der Waals surface area (Å²) < 4.78 is 6.98. The standard InChI is InChI=1S/C19H22BrNO.ClH/c20-18-13-17(16-6-2-1-3-7-16)8-9-19(18)22-12-10-15-5-4-11-21-14-15;/h1-3,6-9,13,15,21H,4-5,10-12,14H2;1H. The zero-order valence-electron chi connectivity index (χ0n) is 13.1. The molecule has 1 atom stereocenters. The van der Waals surface area contributed by atoms with Gasteiger partial charge in [0.15, 0.2) is 0 Å². The molecule has 1 fully saturated rings. The maximum atomic E-state index is 5.96. The second kappa shape index (κ2) is 9.31. The van der Waals surface area contributed by atoms with Crippen LogP contribution in [0.25, 0.3) is 11.1 Å². The van der Waals surface area contributed by atoms with E-state index in [0.29, 0.717) is 0 Å². The molecule has 23 heavy (non-hydrogen) atoms. The van der Waals surface area contributed by atoms with Crippen LogP contribution < -0.4 is 10.1 Å². The number of ether oxygens (including phenoxy) is 1. The van der Waals surface area contributed by atoms with Crippen LogP contribution in [0.3, 0.4) is 0 Å². The Morgan fingerprint density at radius 2 is 1.91 bits per heavy atom. The lowest BCUT2D eigenvalue weighted by Crippen LogP contribution is -2.30. The third kappa shape index (κ3) is 5.23. The van der Waals surface area contributed by atoms with E-state index in [9.17, 15) is 0 Å². The molecule has 1 aliphatic rings. The molecule has 124 valence electrons. The Balaban J connectivity index is 0.00000192. The van der Waals surface area contributed by atoms with Gasteiger partial charge in [0.1, 0.15) is 5.75 Å². The maximum Gasteiger partial charge on any atom is 0.133 e. The van der Waals surface area contributed by atoms with Gasteiger partial charge in [-0.05, 0) is 77.5 Å². The highest BCUT2D eigenvalue weighted by molar-refractivity contribution is 9.10. The fraction of sp³-hybridized carbons (Fsp3) is 0.368. The number of hydrogen-bond acceptors (Lipinski definition) is 2. The number of rotatable bonds is 5. The van der Waals surface area contributed by atoms with Crippen molar-refractivity contribution in [1.82, 2.24) is 5.32 Å². The van der Waals surface area contributed by atoms with E-state index in [1.54, 1.807) is 0 Å². The van der Waals surface area contributed by atoms with E-state index in [4.69, 9.17) is 4.74 Å². The van der Waals surface area contributed by atoms with Gasteiger partial charge in [0.05, 0.1) is 11.1 Å². The van der Waals surface area contributed by atoms with E-state index >= 15 is 0 Å². The summed E-state index contributed by atoms with van der Waals surface area (Å²) >= 11 is 3.63. The first kappa shape index (κ1) is 18.3. The van der Waals surface area contributed by atoms with Crippen LogP contribution in [0.1, 0.15) is 19.3 Å². The van der Waals surface area contributed by atoms with E-state index in [-0.39, 0.29) is 12.4 Å². The maximum absolute atomic E-state index is 5.96. The van der Waals surface area contributed by atoms with Crippen LogP contribution in [0.4, 0.5) is 0 Å². The van der Waals surface area contributed by atoms with Gasteiger partial charge in [-0.15, -0.1) is 12.4 Å². The molecule has 1 aliphatic heterocycles. The minimum Gasteiger partial charge on any atom is -0.492 e. The Hall–Kier alpha value is -1.03. The molecular formula is C19H23BrClNO. The van der Waals surface area contributed by atoms with Gasteiger partial charge >= 0.3 is 0 Å². The summed E-state index contributed by atoms with van der Waals surface area (Å²) in [7, 11) is 0. The first-order valence-corrected chi connectivity index (χ1v) is 8.81. The molecule has 0 radical (unpaired) electrons. The first-order valence-electron chi connectivity index (χ1n) is 8.01. The summed E-state index contributed by atoms with van der Waals surface area (Å²) in [6.45, 7) is 3.09. The van der Waals surface area contributed by atoms with E-state index in [1.807, 2.05) is 6.07 Å². The monoisotopic (exact) mass is 395 g/mol. The summed E-state index contributed by atoms with van der Waals surface area (Å²) in [6.07, 6.45) is 3.74. The average Bonchev–Trinajstić information content (AvgIpc) is 2.58. The summed E-state index contributed by atoms with van der Waals surface area (Å²) in [5, 5.41) is 3.46. The molecule has 3 rings (SSSR count). The molecular weight excluding hydrogens is 374 g/mol. The molecule has 1 unspecified atom stereocenters. The molecule has 2 aromatic carbocycles. The van der Waals surface area contributed by atoms with Crippen molar-refractivity contribution in [1.29, 1.82) is 0 Å². The van der Waals surface area contributed by atoms with Gasteiger partial charge in [0, 0.05) is 0 Å². The highest BCUT2D eigenvalue weighted by Crippen LogP contribution is 2.31. The molecule has 0 saturated carbocycles. The van der Waals surface area contributed by atoms with Crippen molar-refractivity contribution < 1.29 is 4.74 Å². The van der Waals surface area contributed by atoms with Crippen molar-refractivity contribution in [3.8, 4) is 16.9 Å². The Labute approximate surface area is 153 Å². The lowest BCUT2D eigenvalue weighted by molar-refractivity contribution is 0.253. The highest BCUT2D eigenvalue weighted by atomic mass is 79.9. The fourth-order valence-corrected chi connectivity index (χ4v) is 3.43. The van der Waals surface area contributed by atoms with Gasteiger partial charge in [0.25, 0.3) is 0 Å². The van der Waals surface area contributed by atoms with Gasteiger partial charge in [0.2, 0.25) is 0 Å². The van der Waals surface area contributed by atoms with Gasteiger partial charge in [-0.25, -0.2) is 0 Å². The van der Waals surface area contributed by atoms with Crippen molar-refractivity contribution in [2.75, 3.05) is 19.7 Å². The van der Waals surface area contributed by atoms with Crippen LogP contribution in [0.5, 0.6) is 5.75 Å². The number of benzene rings is 2. The summed E-state index contributed by atoms with van der Waals surface area (Å²) in [5.41, 5.74) is 2.43. The number of halogens is 2. The van der Waals surface area contributed by atoms with Crippen LogP contribution >= 0.6 is 28.3 Å². The Bertz CT molecular complexity index is 600. The molecule has 1 saturated heterocycles. The van der Waals surface area contributed by atoms with Crippen LogP contribution in [-0.4, -0.2) is 19.7 Å². The molecule has 0 bridgehead atoms. The minimum absolute atomic E-state index is 0. The second-order valence-corrected chi connectivity index (χ2v) is 6.72. The molecule has 1 N–H and O–H groups in total. The third-order valence-electron chi connectivity index (χ3n) is 4.22. The van der Waals surface area contributed by atoms with E-state index < -0.39 is 0 Å². The second-order valence-electron chi connectivity index (χ2n) is 5.86. The summed E-state index contributed by atoms with van der Waals surface area (Å²) in [6, 6.07) is 16.7. The average molecular weight is 397 g/mol. The Kier molecular flexibility index (Phi) is 7.41. The zero-order valence-corrected chi connectivity index (χ0v) is 15.5. The highest BCUT2D eigenvalue weighted by Gasteiger charge is 2.13. The van der Waals surface area contributed by atoms with Gasteiger partial charge < -0.3 is 10.1 Å². The molecule has 0 spiro atoms. The zero-order chi connectivity index (χ0) is 15.2. The van der Waals surface area contributed by atoms with Crippen molar-refractivity contribution in [2.45, 2.75) is 19.3 Å². The molecule has 0 aliphatic carbocycles. The fourth-order valence-electron chi connectivity index (χ4n) is 2.93. The predicted molar refractivity (Wildman–Crippen MR) is 103 cm³/mol. The first-order chi connectivity index (χ1) is 10.8. The van der Waals surface area contributed by atoms with Crippen molar-refractivity contribution in [2.24, 2.45) is 5.92 Å². The number of piperidine rings is 1. The predicted octanol–water partition coefficient (Wildman–Crippen LogP) is 5.31. The van der Waals surface area contributed by atoms with Gasteiger partial charge in [-0.2, -0.15) is 0 Å². The molecule has 0 aromatic heterocycles. The molecule has 2 aromatic rings. The third-order valence-corrected chi connectivity index (χ3v) is 4.84. The Morgan fingerprint density at radius 3 is 2.61 bits per heavy atom. The van der Waals surface area contributed by atoms with Crippen LogP contribution in [0, 0.1) is 5.92 Å². The van der Waals surface area contributed by atoms with Crippen molar-refractivity contribution in [3.63, 3.8) is 0 Å². The number of hydrogen-bond donors (Lipinski definition) is 1. The SMILES string of the molecule is Brc1cc(-c2ccccc2)ccc1OCCC1CCCNC1.Cl. The molecule has 2 nitrogen and oxygen atoms in total. The largest absolute Gasteiger partial charge is 0.492 e. The van der Waals surface area contributed by atoms with Gasteiger partial charge in [-0.1, -0.05) is 36.4 Å². The summed E-state index contributed by atoms with van der Waals surface area (Å²) in [5.74, 6) is 1.69. The molecule has 1 heterocycles. The quantitative estimate of drug-likeness (QED) is 0.740. The van der Waals surface area contributed by atoms with E-state index in [1.165, 1.54) is 30.5 Å². The number of nitrogens with one attached hydrogen (secondary N) is 1. The van der Waals surface area contributed by atoms with Gasteiger partial charge in [-0.3, -0.25) is 0 Å². The van der Waals surface area contributed by atoms with E-state index in [2.05, 4.69) is 63.7 Å². The summed E-state index contributed by atoms with van der Waals surface area (Å²) in [4.78, 5) is 0. The van der Waals surface area contributed by atoms with Crippen molar-refractivity contribution >= 4 is 28.3 Å². The Morgan fingerprint density at radius 1 is 1.09 bits per heavy atom. The van der Waals surface area contributed by atoms with Crippen LogP contribution in [-0.2, 0) is 0 Å². The lowest BCUT2D eigenvalue weighted by atomic mass is 9.97. The molecule has 4 heteroatoms. The van der Waals surface area contributed by atoms with Crippen LogP contribution in [0.2, 0.25) is 0 Å². The smallest absolute Gasteiger partial charge is 0.133 e. The van der Waals surface area contributed by atoms with Crippen LogP contribution in [0.15, 0.2) is 53.0 Å². The van der Waals surface area contributed by atoms with Crippen molar-refractivity contribution in [3.05, 3.63) is 53.0 Å².